The minimum absolute atomic E-state index is 0.187. The molecule has 0 saturated carbocycles. The number of hydrogen-bond donors (Lipinski definition) is 1. The van der Waals surface area contributed by atoms with Crippen molar-refractivity contribution < 1.29 is 4.79 Å². The van der Waals surface area contributed by atoms with E-state index >= 15 is 0 Å². The van der Waals surface area contributed by atoms with Gasteiger partial charge in [0.15, 0.2) is 0 Å². The molecule has 0 aliphatic rings. The number of amides is 1. The highest BCUT2D eigenvalue weighted by molar-refractivity contribution is 6.18. The van der Waals surface area contributed by atoms with Crippen molar-refractivity contribution in [3.8, 4) is 6.07 Å². The fourth-order valence-electron chi connectivity index (χ4n) is 0.138. The van der Waals surface area contributed by atoms with Crippen LogP contribution in [-0.2, 0) is 4.79 Å². The lowest BCUT2D eigenvalue weighted by molar-refractivity contribution is -0.115. The van der Waals surface area contributed by atoms with Crippen molar-refractivity contribution in [2.24, 2.45) is 0 Å². The molecule has 4 heteroatoms. The van der Waals surface area contributed by atoms with Crippen molar-refractivity contribution in [3.05, 3.63) is 12.2 Å². The van der Waals surface area contributed by atoms with Gasteiger partial charge in [0.1, 0.15) is 11.6 Å². The molecule has 8 heavy (non-hydrogen) atoms. The Hall–Kier alpha value is -1.24. The average molecular weight is 106 g/mol. The number of nitriles is 1. The van der Waals surface area contributed by atoms with Crippen LogP contribution in [0.25, 0.3) is 0 Å². The van der Waals surface area contributed by atoms with Crippen molar-refractivity contribution in [1.29, 1.82) is 5.26 Å². The number of nitrogens with zero attached hydrogens (tertiary/aromatic N) is 1. The third-order valence-electron chi connectivity index (χ3n) is 0.540. The third kappa shape index (κ3) is 1.48. The van der Waals surface area contributed by atoms with Gasteiger partial charge in [0.25, 0.3) is 0 Å². The summed E-state index contributed by atoms with van der Waals surface area (Å²) >= 11 is 0. The number of nitrogens with one attached hydrogen (secondary N) is 1. The first-order valence-electron chi connectivity index (χ1n) is 1.82. The molecular weight excluding hydrogens is 103 g/mol. The Morgan fingerprint density at radius 2 is 2.38 bits per heavy atom. The van der Waals surface area contributed by atoms with Crippen LogP contribution in [0.3, 0.4) is 0 Å². The van der Waals surface area contributed by atoms with Gasteiger partial charge in [0, 0.05) is 0 Å². The second-order valence-corrected chi connectivity index (χ2v) is 1.06. The highest BCUT2D eigenvalue weighted by Gasteiger charge is 1.98. The van der Waals surface area contributed by atoms with E-state index in [2.05, 4.69) is 14.6 Å². The minimum atomic E-state index is -0.646. The Balaban J connectivity index is 3.89. The lowest BCUT2D eigenvalue weighted by Crippen LogP contribution is -2.20. The first-order valence-corrected chi connectivity index (χ1v) is 1.82. The van der Waals surface area contributed by atoms with Crippen LogP contribution in [-0.4, -0.2) is 13.9 Å². The zero-order valence-electron chi connectivity index (χ0n) is 4.14. The first kappa shape index (κ1) is 6.76. The minimum Gasteiger partial charge on any atom is -0.405 e. The Kier molecular flexibility index (Phi) is 2.42. The predicted molar refractivity (Wildman–Crippen MR) is 28.6 cm³/mol. The smallest absolute Gasteiger partial charge is 0.248 e. The molecule has 3 nitrogen and oxygen atoms in total. The van der Waals surface area contributed by atoms with Crippen molar-refractivity contribution in [2.45, 2.75) is 0 Å². The van der Waals surface area contributed by atoms with Gasteiger partial charge in [-0.05, 0) is 0 Å². The summed E-state index contributed by atoms with van der Waals surface area (Å²) in [6, 6.07) is 1.53. The van der Waals surface area contributed by atoms with Crippen LogP contribution >= 0.6 is 0 Å². The molecule has 0 saturated heterocycles. The molecule has 0 aliphatic carbocycles. The van der Waals surface area contributed by atoms with Gasteiger partial charge in [-0.15, -0.1) is 0 Å². The Morgan fingerprint density at radius 1 is 1.88 bits per heavy atom. The summed E-state index contributed by atoms with van der Waals surface area (Å²) in [6.07, 6.45) is 0. The fraction of sp³-hybridized carbons (Fsp3) is 0. The molecule has 0 aromatic rings. The van der Waals surface area contributed by atoms with Gasteiger partial charge >= 0.3 is 0 Å². The predicted octanol–water partition coefficient (Wildman–Crippen LogP) is -0.734. The van der Waals surface area contributed by atoms with Crippen LogP contribution in [0.1, 0.15) is 0 Å². The normalized spacial score (nSPS) is 6.88. The molecule has 0 spiro atoms. The van der Waals surface area contributed by atoms with E-state index in [1.165, 1.54) is 6.07 Å². The summed E-state index contributed by atoms with van der Waals surface area (Å²) in [5.41, 5.74) is -0.187. The number of carbonyl (C=O) groups is 1. The lowest BCUT2D eigenvalue weighted by Gasteiger charge is -1.89. The summed E-state index contributed by atoms with van der Waals surface area (Å²) in [4.78, 5) is 10.2. The molecule has 2 radical (unpaired) electrons. The molecule has 0 atom stereocenters. The summed E-state index contributed by atoms with van der Waals surface area (Å²) in [5, 5.41) is 9.73. The largest absolute Gasteiger partial charge is 0.405 e. The van der Waals surface area contributed by atoms with E-state index in [9.17, 15) is 4.79 Å². The van der Waals surface area contributed by atoms with Crippen LogP contribution in [0.5, 0.6) is 0 Å². The second kappa shape index (κ2) is 2.86. The van der Waals surface area contributed by atoms with E-state index in [1.807, 2.05) is 0 Å². The number of hydrogen-bond acceptors (Lipinski definition) is 2. The van der Waals surface area contributed by atoms with E-state index in [-0.39, 0.29) is 5.57 Å². The van der Waals surface area contributed by atoms with Crippen molar-refractivity contribution >= 4 is 13.9 Å². The molecule has 0 unspecified atom stereocenters. The van der Waals surface area contributed by atoms with Crippen LogP contribution < -0.4 is 5.23 Å². The third-order valence-corrected chi connectivity index (χ3v) is 0.540. The van der Waals surface area contributed by atoms with Gasteiger partial charge in [-0.25, -0.2) is 0 Å². The monoisotopic (exact) mass is 106 g/mol. The maximum absolute atomic E-state index is 10.2. The van der Waals surface area contributed by atoms with E-state index < -0.39 is 5.91 Å². The number of carbonyl (C=O) groups excluding carboxylic acids is 1. The molecule has 0 fully saturated rings. The van der Waals surface area contributed by atoms with Gasteiger partial charge in [-0.1, -0.05) is 6.58 Å². The molecule has 0 aromatic heterocycles. The Morgan fingerprint density at radius 3 is 2.50 bits per heavy atom. The van der Waals surface area contributed by atoms with Crippen LogP contribution in [0, 0.1) is 11.3 Å². The van der Waals surface area contributed by atoms with Crippen molar-refractivity contribution in [1.82, 2.24) is 5.23 Å². The number of rotatable bonds is 1. The molecule has 0 aromatic carbocycles. The topological polar surface area (TPSA) is 52.9 Å². The van der Waals surface area contributed by atoms with Crippen LogP contribution in [0.15, 0.2) is 12.2 Å². The maximum Gasteiger partial charge on any atom is 0.248 e. The van der Waals surface area contributed by atoms with E-state index in [4.69, 9.17) is 5.26 Å². The van der Waals surface area contributed by atoms with Crippen LogP contribution in [0.4, 0.5) is 0 Å². The van der Waals surface area contributed by atoms with E-state index in [0.717, 1.165) is 0 Å². The lowest BCUT2D eigenvalue weighted by atomic mass is 10.3. The molecular formula is C4H3BN2O. The fourth-order valence-corrected chi connectivity index (χ4v) is 0.138. The van der Waals surface area contributed by atoms with E-state index in [1.54, 1.807) is 5.23 Å². The Bertz CT molecular complexity index is 158. The summed E-state index contributed by atoms with van der Waals surface area (Å²) in [6.45, 7) is 3.09. The van der Waals surface area contributed by atoms with Gasteiger partial charge < -0.3 is 5.23 Å². The standard InChI is InChI=1S/C4H3BN2O/c1-3(2-6)4(8)7-5/h1H2,(H,7,8). The molecule has 0 bridgehead atoms. The molecule has 1 amide bonds. The van der Waals surface area contributed by atoms with Gasteiger partial charge in [0.05, 0.1) is 0 Å². The average Bonchev–Trinajstić information content (AvgIpc) is 1.84. The zero-order chi connectivity index (χ0) is 6.57. The highest BCUT2D eigenvalue weighted by atomic mass is 16.1. The second-order valence-electron chi connectivity index (χ2n) is 1.06. The molecule has 0 rings (SSSR count). The van der Waals surface area contributed by atoms with Crippen molar-refractivity contribution in [2.75, 3.05) is 0 Å². The molecule has 0 aliphatic heterocycles. The molecule has 1 N–H and O–H groups in total. The SMILES string of the molecule is [B]NC(=O)C(=C)C#N. The van der Waals surface area contributed by atoms with Crippen molar-refractivity contribution in [3.63, 3.8) is 0 Å². The maximum atomic E-state index is 10.2. The van der Waals surface area contributed by atoms with Gasteiger partial charge in [-0.3, -0.25) is 4.79 Å². The van der Waals surface area contributed by atoms with E-state index in [0.29, 0.717) is 0 Å². The summed E-state index contributed by atoms with van der Waals surface area (Å²) < 4.78 is 0. The Labute approximate surface area is 48.4 Å². The molecule has 38 valence electrons. The first-order chi connectivity index (χ1) is 3.72. The van der Waals surface area contributed by atoms with Crippen LogP contribution in [0.2, 0.25) is 0 Å². The van der Waals surface area contributed by atoms with Gasteiger partial charge in [-0.2, -0.15) is 5.26 Å². The molecule has 0 heterocycles. The summed E-state index contributed by atoms with van der Waals surface area (Å²) in [5.74, 6) is -0.646. The zero-order valence-corrected chi connectivity index (χ0v) is 4.14. The highest BCUT2D eigenvalue weighted by Crippen LogP contribution is 1.82. The summed E-state index contributed by atoms with van der Waals surface area (Å²) in [7, 11) is 4.64. The quantitative estimate of drug-likeness (QED) is 0.272. The van der Waals surface area contributed by atoms with Gasteiger partial charge in [0.2, 0.25) is 13.9 Å².